The lowest BCUT2D eigenvalue weighted by Crippen LogP contribution is -2.44. The molecular weight excluding hydrogens is 251 g/mol. The normalized spacial score (nSPS) is 13.7. The van der Waals surface area contributed by atoms with Crippen LogP contribution in [0, 0.1) is 0 Å². The number of Topliss-reactive ketones (excluding diaryl/α,β-unsaturated/α-hetero) is 1. The Balaban J connectivity index is 3.07. The van der Waals surface area contributed by atoms with E-state index in [1.807, 2.05) is 5.32 Å². The lowest BCUT2D eigenvalue weighted by atomic mass is 9.96. The average Bonchev–Trinajstić information content (AvgIpc) is 2.81. The summed E-state index contributed by atoms with van der Waals surface area (Å²) in [5.74, 6) is -3.65. The summed E-state index contributed by atoms with van der Waals surface area (Å²) in [4.78, 5) is 36.4. The third-order valence-corrected chi connectivity index (χ3v) is 2.90. The maximum Gasteiger partial charge on any atom is 0.327 e. The van der Waals surface area contributed by atoms with E-state index in [4.69, 9.17) is 5.11 Å². The van der Waals surface area contributed by atoms with Crippen LogP contribution >= 0.6 is 11.3 Å². The summed E-state index contributed by atoms with van der Waals surface area (Å²) >= 11 is 1.03. The van der Waals surface area contributed by atoms with Gasteiger partial charge in [0.1, 0.15) is 23.6 Å². The molecule has 1 aromatic heterocycles. The number of nitrogens with one attached hydrogen (secondary N) is 1. The predicted octanol–water partition coefficient (Wildman–Crippen LogP) is -0.0355. The Labute approximate surface area is 99.5 Å². The van der Waals surface area contributed by atoms with Gasteiger partial charge in [-0.1, -0.05) is 0 Å². The van der Waals surface area contributed by atoms with Gasteiger partial charge in [0.05, 0.1) is 0 Å². The lowest BCUT2D eigenvalue weighted by molar-refractivity contribution is -0.143. The number of nitrogens with zero attached hydrogens (tertiary/aromatic N) is 1. The van der Waals surface area contributed by atoms with Crippen molar-refractivity contribution >= 4 is 29.5 Å². The van der Waals surface area contributed by atoms with Crippen molar-refractivity contribution < 1.29 is 23.9 Å². The molecule has 0 aliphatic heterocycles. The number of alkyl halides is 1. The minimum atomic E-state index is -1.51. The summed E-state index contributed by atoms with van der Waals surface area (Å²) in [5, 5.41) is 12.6. The van der Waals surface area contributed by atoms with Crippen LogP contribution in [0.5, 0.6) is 0 Å². The van der Waals surface area contributed by atoms with Crippen molar-refractivity contribution in [1.82, 2.24) is 10.3 Å². The molecule has 2 unspecified atom stereocenters. The van der Waals surface area contributed by atoms with E-state index in [9.17, 15) is 18.8 Å². The van der Waals surface area contributed by atoms with Gasteiger partial charge in [-0.05, 0) is 0 Å². The molecule has 2 N–H and O–H groups in total. The summed E-state index contributed by atoms with van der Waals surface area (Å²) in [5.41, 5.74) is 0. The zero-order valence-electron chi connectivity index (χ0n) is 8.50. The molecule has 1 aromatic rings. The number of thiazole rings is 1. The highest BCUT2D eigenvalue weighted by Gasteiger charge is 2.36. The Morgan fingerprint density at radius 3 is 2.76 bits per heavy atom. The van der Waals surface area contributed by atoms with Gasteiger partial charge in [0.25, 0.3) is 0 Å². The number of carboxylic acid groups (broad SMARTS) is 1. The smallest absolute Gasteiger partial charge is 0.327 e. The van der Waals surface area contributed by atoms with Crippen LogP contribution in [-0.2, 0) is 14.4 Å². The first-order valence-corrected chi connectivity index (χ1v) is 5.40. The third kappa shape index (κ3) is 3.06. The highest BCUT2D eigenvalue weighted by Crippen LogP contribution is 2.23. The van der Waals surface area contributed by atoms with Crippen LogP contribution in [0.3, 0.4) is 0 Å². The minimum Gasteiger partial charge on any atom is -0.480 e. The van der Waals surface area contributed by atoms with Crippen molar-refractivity contribution in [3.63, 3.8) is 0 Å². The molecular formula is C9H9FN2O4S. The van der Waals surface area contributed by atoms with Gasteiger partial charge in [-0.3, -0.25) is 9.59 Å². The van der Waals surface area contributed by atoms with Gasteiger partial charge in [0.2, 0.25) is 6.41 Å². The first kappa shape index (κ1) is 13.2. The molecule has 6 nitrogen and oxygen atoms in total. The van der Waals surface area contributed by atoms with Crippen LogP contribution in [-0.4, -0.2) is 41.0 Å². The van der Waals surface area contributed by atoms with Crippen LogP contribution in [0.25, 0.3) is 0 Å². The number of carbonyl (C=O) groups is 3. The van der Waals surface area contributed by atoms with Crippen molar-refractivity contribution in [2.75, 3.05) is 6.67 Å². The van der Waals surface area contributed by atoms with Crippen molar-refractivity contribution in [3.8, 4) is 0 Å². The summed E-state index contributed by atoms with van der Waals surface area (Å²) in [6.45, 7) is -1.31. The molecule has 0 saturated carbocycles. The number of halogens is 1. The molecule has 0 aliphatic carbocycles. The standard InChI is InChI=1S/C9H9FN2O4S/c10-3-5(14)6(8-11-1-2-17-8)7(9(15)16)12-4-13/h1-2,4,6-7H,3H2,(H,12,13)(H,15,16). The van der Waals surface area contributed by atoms with Gasteiger partial charge < -0.3 is 10.4 Å². The van der Waals surface area contributed by atoms with Crippen LogP contribution < -0.4 is 5.32 Å². The van der Waals surface area contributed by atoms with E-state index in [1.54, 1.807) is 0 Å². The number of amides is 1. The molecule has 0 aliphatic rings. The van der Waals surface area contributed by atoms with Gasteiger partial charge >= 0.3 is 5.97 Å². The molecule has 1 heterocycles. The van der Waals surface area contributed by atoms with Crippen molar-refractivity contribution in [1.29, 1.82) is 0 Å². The molecule has 0 fully saturated rings. The first-order valence-electron chi connectivity index (χ1n) is 4.52. The Morgan fingerprint density at radius 1 is 1.65 bits per heavy atom. The monoisotopic (exact) mass is 260 g/mol. The molecule has 0 radical (unpaired) electrons. The van der Waals surface area contributed by atoms with E-state index in [-0.39, 0.29) is 11.4 Å². The molecule has 0 aromatic carbocycles. The van der Waals surface area contributed by atoms with Crippen LogP contribution in [0.1, 0.15) is 10.9 Å². The number of ketones is 1. The quantitative estimate of drug-likeness (QED) is 0.671. The maximum atomic E-state index is 12.4. The number of carboxylic acids is 1. The molecule has 0 spiro atoms. The molecule has 17 heavy (non-hydrogen) atoms. The zero-order valence-corrected chi connectivity index (χ0v) is 9.32. The number of hydrogen-bond acceptors (Lipinski definition) is 5. The molecule has 0 saturated heterocycles. The third-order valence-electron chi connectivity index (χ3n) is 2.04. The number of carbonyl (C=O) groups excluding carboxylic acids is 2. The molecule has 0 bridgehead atoms. The first-order chi connectivity index (χ1) is 8.11. The van der Waals surface area contributed by atoms with Gasteiger partial charge in [0.15, 0.2) is 5.78 Å². The number of rotatable bonds is 7. The van der Waals surface area contributed by atoms with E-state index < -0.39 is 30.4 Å². The average molecular weight is 260 g/mol. The van der Waals surface area contributed by atoms with Crippen molar-refractivity contribution in [3.05, 3.63) is 16.6 Å². The zero-order chi connectivity index (χ0) is 12.8. The number of hydrogen-bond donors (Lipinski definition) is 2. The van der Waals surface area contributed by atoms with E-state index >= 15 is 0 Å². The minimum absolute atomic E-state index is 0.158. The topological polar surface area (TPSA) is 96.4 Å². The Bertz CT molecular complexity index is 409. The highest BCUT2D eigenvalue weighted by molar-refractivity contribution is 7.09. The van der Waals surface area contributed by atoms with E-state index in [1.165, 1.54) is 11.6 Å². The summed E-state index contributed by atoms with van der Waals surface area (Å²) in [6.07, 6.45) is 1.53. The van der Waals surface area contributed by atoms with E-state index in [2.05, 4.69) is 4.98 Å². The second-order valence-corrected chi connectivity index (χ2v) is 3.97. The largest absolute Gasteiger partial charge is 0.480 e. The van der Waals surface area contributed by atoms with Gasteiger partial charge in [0, 0.05) is 11.6 Å². The SMILES string of the molecule is O=CNC(C(=O)O)C(C(=O)CF)c1nccs1. The lowest BCUT2D eigenvalue weighted by Gasteiger charge is -2.19. The van der Waals surface area contributed by atoms with Crippen molar-refractivity contribution in [2.45, 2.75) is 12.0 Å². The van der Waals surface area contributed by atoms with Crippen LogP contribution in [0.15, 0.2) is 11.6 Å². The maximum absolute atomic E-state index is 12.4. The van der Waals surface area contributed by atoms with Crippen LogP contribution in [0.4, 0.5) is 4.39 Å². The molecule has 1 rings (SSSR count). The number of aliphatic carboxylic acids is 1. The second kappa shape index (κ2) is 6.04. The molecule has 8 heteroatoms. The van der Waals surface area contributed by atoms with Gasteiger partial charge in [-0.2, -0.15) is 0 Å². The fourth-order valence-corrected chi connectivity index (χ4v) is 2.12. The fraction of sp³-hybridized carbons (Fsp3) is 0.333. The fourth-order valence-electron chi connectivity index (χ4n) is 1.32. The van der Waals surface area contributed by atoms with E-state index in [0.29, 0.717) is 0 Å². The van der Waals surface area contributed by atoms with Gasteiger partial charge in [-0.15, -0.1) is 11.3 Å². The van der Waals surface area contributed by atoms with Crippen molar-refractivity contribution in [2.24, 2.45) is 0 Å². The molecule has 1 amide bonds. The van der Waals surface area contributed by atoms with Crippen LogP contribution in [0.2, 0.25) is 0 Å². The highest BCUT2D eigenvalue weighted by atomic mass is 32.1. The summed E-state index contributed by atoms with van der Waals surface area (Å²) in [7, 11) is 0. The summed E-state index contributed by atoms with van der Waals surface area (Å²) in [6, 6.07) is -1.51. The Hall–Kier alpha value is -1.83. The number of aromatic nitrogens is 1. The predicted molar refractivity (Wildman–Crippen MR) is 56.5 cm³/mol. The Morgan fingerprint density at radius 2 is 2.35 bits per heavy atom. The van der Waals surface area contributed by atoms with Gasteiger partial charge in [-0.25, -0.2) is 14.2 Å². The molecule has 92 valence electrons. The summed E-state index contributed by atoms with van der Waals surface area (Å²) < 4.78 is 12.4. The Kier molecular flexibility index (Phi) is 4.70. The van der Waals surface area contributed by atoms with E-state index in [0.717, 1.165) is 11.3 Å². The molecule has 2 atom stereocenters. The second-order valence-electron chi connectivity index (χ2n) is 3.05.